The molecule has 0 aliphatic rings. The molecule has 0 saturated heterocycles. The van der Waals surface area contributed by atoms with Gasteiger partial charge in [0.25, 0.3) is 0 Å². The Hall–Kier alpha value is -0.770. The molecule has 56 valence electrons. The number of hydrogen-bond donors (Lipinski definition) is 0. The van der Waals surface area contributed by atoms with E-state index in [4.69, 9.17) is 0 Å². The maximum atomic E-state index is 10.9. The van der Waals surface area contributed by atoms with Crippen LogP contribution < -0.4 is 0 Å². The molecule has 0 radical (unpaired) electrons. The van der Waals surface area contributed by atoms with E-state index in [0.717, 1.165) is 0 Å². The van der Waals surface area contributed by atoms with Crippen LogP contribution in [0.4, 0.5) is 0 Å². The third kappa shape index (κ3) is 5.37. The van der Waals surface area contributed by atoms with Gasteiger partial charge in [-0.15, -0.1) is 5.92 Å². The molecule has 0 rings (SSSR count). The van der Waals surface area contributed by atoms with Crippen LogP contribution in [0.25, 0.3) is 0 Å². The number of hydrogen-bond acceptors (Lipinski definition) is 1. The van der Waals surface area contributed by atoms with Gasteiger partial charge in [-0.25, -0.2) is 0 Å². The van der Waals surface area contributed by atoms with E-state index in [-0.39, 0.29) is 5.78 Å². The summed E-state index contributed by atoms with van der Waals surface area (Å²) in [5, 5.41) is 0. The van der Waals surface area contributed by atoms with Gasteiger partial charge in [0.2, 0.25) is 0 Å². The largest absolute Gasteiger partial charge is 0.299 e. The minimum Gasteiger partial charge on any atom is -0.299 e. The standard InChI is InChI=1S/C9H14O/c1-4-5-6-9(10)7-8(2)3/h8H,6-7H2,1-3H3. The second-order valence-electron chi connectivity index (χ2n) is 2.74. The van der Waals surface area contributed by atoms with E-state index < -0.39 is 0 Å². The Balaban J connectivity index is 3.51. The van der Waals surface area contributed by atoms with Gasteiger partial charge in [0.15, 0.2) is 0 Å². The van der Waals surface area contributed by atoms with Crippen LogP contribution in [0.5, 0.6) is 0 Å². The van der Waals surface area contributed by atoms with Crippen molar-refractivity contribution in [2.75, 3.05) is 0 Å². The third-order valence-electron chi connectivity index (χ3n) is 1.10. The fourth-order valence-electron chi connectivity index (χ4n) is 0.714. The molecule has 0 saturated carbocycles. The predicted molar refractivity (Wildman–Crippen MR) is 42.5 cm³/mol. The lowest BCUT2D eigenvalue weighted by molar-refractivity contribution is -0.118. The van der Waals surface area contributed by atoms with Crippen LogP contribution in [0.3, 0.4) is 0 Å². The first-order valence-corrected chi connectivity index (χ1v) is 3.58. The van der Waals surface area contributed by atoms with Crippen molar-refractivity contribution in [3.63, 3.8) is 0 Å². The van der Waals surface area contributed by atoms with Gasteiger partial charge in [-0.3, -0.25) is 4.79 Å². The van der Waals surface area contributed by atoms with Crippen molar-refractivity contribution in [3.05, 3.63) is 0 Å². The van der Waals surface area contributed by atoms with Crippen LogP contribution in [0.15, 0.2) is 0 Å². The summed E-state index contributed by atoms with van der Waals surface area (Å²) >= 11 is 0. The van der Waals surface area contributed by atoms with Crippen molar-refractivity contribution < 1.29 is 4.79 Å². The Morgan fingerprint density at radius 3 is 2.50 bits per heavy atom. The van der Waals surface area contributed by atoms with Crippen molar-refractivity contribution in [2.45, 2.75) is 33.6 Å². The molecule has 0 unspecified atom stereocenters. The molecule has 0 amide bonds. The van der Waals surface area contributed by atoms with E-state index in [2.05, 4.69) is 11.8 Å². The van der Waals surface area contributed by atoms with Gasteiger partial charge in [0.05, 0.1) is 6.42 Å². The Bertz CT molecular complexity index is 157. The number of rotatable bonds is 3. The van der Waals surface area contributed by atoms with E-state index in [1.807, 2.05) is 13.8 Å². The quantitative estimate of drug-likeness (QED) is 0.545. The topological polar surface area (TPSA) is 17.1 Å². The van der Waals surface area contributed by atoms with Crippen LogP contribution in [0.1, 0.15) is 33.6 Å². The first-order chi connectivity index (χ1) is 4.66. The van der Waals surface area contributed by atoms with E-state index in [1.165, 1.54) is 0 Å². The Labute approximate surface area is 62.8 Å². The van der Waals surface area contributed by atoms with Crippen LogP contribution in [0, 0.1) is 17.8 Å². The second kappa shape index (κ2) is 5.05. The lowest BCUT2D eigenvalue weighted by atomic mass is 10.1. The maximum absolute atomic E-state index is 10.9. The average molecular weight is 138 g/mol. The highest BCUT2D eigenvalue weighted by Crippen LogP contribution is 2.01. The molecule has 0 aromatic carbocycles. The molecule has 0 heterocycles. The molecule has 0 aromatic heterocycles. The zero-order chi connectivity index (χ0) is 7.98. The molecule has 10 heavy (non-hydrogen) atoms. The van der Waals surface area contributed by atoms with Crippen molar-refractivity contribution >= 4 is 5.78 Å². The van der Waals surface area contributed by atoms with Gasteiger partial charge in [0, 0.05) is 6.42 Å². The van der Waals surface area contributed by atoms with E-state index >= 15 is 0 Å². The fraction of sp³-hybridized carbons (Fsp3) is 0.667. The second-order valence-corrected chi connectivity index (χ2v) is 2.74. The van der Waals surface area contributed by atoms with Crippen LogP contribution in [-0.2, 0) is 4.79 Å². The summed E-state index contributed by atoms with van der Waals surface area (Å²) in [6, 6.07) is 0. The Morgan fingerprint density at radius 1 is 1.50 bits per heavy atom. The smallest absolute Gasteiger partial charge is 0.145 e. The SMILES string of the molecule is CC#CCC(=O)CC(C)C. The summed E-state index contributed by atoms with van der Waals surface area (Å²) in [6.07, 6.45) is 1.09. The number of carbonyl (C=O) groups excluding carboxylic acids is 1. The molecule has 0 N–H and O–H groups in total. The molecule has 0 aliphatic carbocycles. The van der Waals surface area contributed by atoms with Crippen molar-refractivity contribution in [1.82, 2.24) is 0 Å². The normalized spacial score (nSPS) is 8.80. The lowest BCUT2D eigenvalue weighted by Crippen LogP contribution is -2.00. The van der Waals surface area contributed by atoms with E-state index in [1.54, 1.807) is 6.92 Å². The molecular weight excluding hydrogens is 124 g/mol. The zero-order valence-electron chi connectivity index (χ0n) is 6.90. The van der Waals surface area contributed by atoms with Gasteiger partial charge in [-0.05, 0) is 12.8 Å². The summed E-state index contributed by atoms with van der Waals surface area (Å²) in [7, 11) is 0. The minimum absolute atomic E-state index is 0.254. The van der Waals surface area contributed by atoms with Crippen molar-refractivity contribution in [3.8, 4) is 11.8 Å². The van der Waals surface area contributed by atoms with Gasteiger partial charge in [-0.2, -0.15) is 0 Å². The zero-order valence-corrected chi connectivity index (χ0v) is 6.90. The number of carbonyl (C=O) groups is 1. The van der Waals surface area contributed by atoms with Crippen LogP contribution >= 0.6 is 0 Å². The molecular formula is C9H14O. The third-order valence-corrected chi connectivity index (χ3v) is 1.10. The molecule has 0 aromatic rings. The number of ketones is 1. The molecule has 0 bridgehead atoms. The average Bonchev–Trinajstić information content (AvgIpc) is 1.82. The van der Waals surface area contributed by atoms with Crippen molar-refractivity contribution in [1.29, 1.82) is 0 Å². The Kier molecular flexibility index (Phi) is 4.66. The van der Waals surface area contributed by atoms with E-state index in [0.29, 0.717) is 18.8 Å². The maximum Gasteiger partial charge on any atom is 0.145 e. The predicted octanol–water partition coefficient (Wildman–Crippen LogP) is 2.02. The summed E-state index contributed by atoms with van der Waals surface area (Å²) < 4.78 is 0. The monoisotopic (exact) mass is 138 g/mol. The van der Waals surface area contributed by atoms with Gasteiger partial charge < -0.3 is 0 Å². The highest BCUT2D eigenvalue weighted by atomic mass is 16.1. The lowest BCUT2D eigenvalue weighted by Gasteiger charge is -1.98. The number of Topliss-reactive ketones (excluding diaryl/α,β-unsaturated/α-hetero) is 1. The van der Waals surface area contributed by atoms with Crippen LogP contribution in [-0.4, -0.2) is 5.78 Å². The van der Waals surface area contributed by atoms with Crippen LogP contribution in [0.2, 0.25) is 0 Å². The highest BCUT2D eigenvalue weighted by Gasteiger charge is 2.01. The molecule has 0 spiro atoms. The minimum atomic E-state index is 0.254. The molecule has 1 heteroatoms. The molecule has 1 nitrogen and oxygen atoms in total. The fourth-order valence-corrected chi connectivity index (χ4v) is 0.714. The first-order valence-electron chi connectivity index (χ1n) is 3.58. The van der Waals surface area contributed by atoms with Gasteiger partial charge in [0.1, 0.15) is 5.78 Å². The Morgan fingerprint density at radius 2 is 2.10 bits per heavy atom. The molecule has 0 fully saturated rings. The summed E-state index contributed by atoms with van der Waals surface area (Å²) in [5.74, 6) is 6.17. The first kappa shape index (κ1) is 9.23. The highest BCUT2D eigenvalue weighted by molar-refractivity contribution is 5.80. The van der Waals surface area contributed by atoms with Crippen molar-refractivity contribution in [2.24, 2.45) is 5.92 Å². The van der Waals surface area contributed by atoms with Gasteiger partial charge in [-0.1, -0.05) is 19.8 Å². The summed E-state index contributed by atoms with van der Waals surface area (Å²) in [6.45, 7) is 5.83. The van der Waals surface area contributed by atoms with E-state index in [9.17, 15) is 4.79 Å². The summed E-state index contributed by atoms with van der Waals surface area (Å²) in [4.78, 5) is 10.9. The molecule has 0 atom stereocenters. The van der Waals surface area contributed by atoms with Gasteiger partial charge >= 0.3 is 0 Å². The summed E-state index contributed by atoms with van der Waals surface area (Å²) in [5.41, 5.74) is 0. The molecule has 0 aliphatic heterocycles.